The van der Waals surface area contributed by atoms with Crippen molar-refractivity contribution in [2.75, 3.05) is 7.11 Å². The number of aliphatic hydroxyl groups is 1. The number of carboxylic acids is 1. The number of aromatic amines is 4. The number of carbonyl (C=O) groups excluding carboxylic acids is 1. The Bertz CT molecular complexity index is 1990. The Morgan fingerprint density at radius 3 is 2.11 bits per heavy atom. The van der Waals surface area contributed by atoms with E-state index >= 15 is 0 Å². The van der Waals surface area contributed by atoms with Gasteiger partial charge in [-0.3, -0.25) is 9.59 Å². The largest absolute Gasteiger partial charge is 0.510 e. The van der Waals surface area contributed by atoms with E-state index in [2.05, 4.69) is 47.3 Å². The van der Waals surface area contributed by atoms with Crippen LogP contribution in [0.4, 0.5) is 0 Å². The van der Waals surface area contributed by atoms with Gasteiger partial charge >= 0.3 is 11.9 Å². The van der Waals surface area contributed by atoms with Crippen LogP contribution in [0.25, 0.3) is 17.4 Å². The van der Waals surface area contributed by atoms with Crippen LogP contribution in [0, 0.1) is 33.6 Å². The zero-order chi connectivity index (χ0) is 31.6. The summed E-state index contributed by atoms with van der Waals surface area (Å²) in [4.78, 5) is 39.6. The molecule has 2 aliphatic rings. The maximum absolute atomic E-state index is 13.3. The summed E-state index contributed by atoms with van der Waals surface area (Å²) in [5, 5.41) is 22.5. The van der Waals surface area contributed by atoms with Crippen molar-refractivity contribution in [2.24, 2.45) is 5.92 Å². The molecule has 6 N–H and O–H groups in total. The molecular weight excluding hydrogens is 556 g/mol. The van der Waals surface area contributed by atoms with Crippen molar-refractivity contribution in [3.63, 3.8) is 0 Å². The number of hydrogen-bond donors (Lipinski definition) is 6. The summed E-state index contributed by atoms with van der Waals surface area (Å²) < 4.78 is 5.19. The van der Waals surface area contributed by atoms with Gasteiger partial charge in [-0.25, -0.2) is 0 Å². The Morgan fingerprint density at radius 1 is 0.864 bits per heavy atom. The topological polar surface area (TPSA) is 147 Å². The lowest BCUT2D eigenvalue weighted by molar-refractivity contribution is -0.142. The van der Waals surface area contributed by atoms with Gasteiger partial charge in [-0.1, -0.05) is 19.6 Å². The number of aliphatic hydroxyl groups excluding tert-OH is 1. The van der Waals surface area contributed by atoms with Crippen molar-refractivity contribution >= 4 is 29.3 Å². The average Bonchev–Trinajstić information content (AvgIpc) is 3.72. The third-order valence-corrected chi connectivity index (χ3v) is 9.89. The molecule has 0 saturated heterocycles. The number of nitrogens with one attached hydrogen (secondary N) is 4. The molecule has 1 atom stereocenters. The number of rotatable bonds is 6. The number of H-pyrrole nitrogens is 4. The van der Waals surface area contributed by atoms with Crippen molar-refractivity contribution < 1.29 is 24.5 Å². The van der Waals surface area contributed by atoms with E-state index in [9.17, 15) is 19.8 Å². The molecule has 9 nitrogen and oxygen atoms in total. The van der Waals surface area contributed by atoms with Gasteiger partial charge in [-0.2, -0.15) is 0 Å². The second kappa shape index (κ2) is 10.8. The van der Waals surface area contributed by atoms with Gasteiger partial charge in [0.1, 0.15) is 11.7 Å². The van der Waals surface area contributed by atoms with Crippen molar-refractivity contribution in [3.8, 4) is 0 Å². The second-order valence-corrected chi connectivity index (χ2v) is 12.1. The SMILES string of the molecule is C=Cc1c2[nH]c(c1C)Cc1[nH]c(c(CCC(=O)O)c1C)C1=c3[nH]c(c(C)c3=C(O)[C@@H]1C(=O)OC)Cc1[nH]c(c(C)c1CC)C2. The Morgan fingerprint density at radius 2 is 1.45 bits per heavy atom. The Hall–Kier alpha value is -4.66. The summed E-state index contributed by atoms with van der Waals surface area (Å²) in [6, 6.07) is 0. The maximum Gasteiger partial charge on any atom is 0.321 e. The molecule has 0 saturated carbocycles. The molecule has 9 heteroatoms. The Labute approximate surface area is 255 Å². The highest BCUT2D eigenvalue weighted by molar-refractivity contribution is 5.98. The number of ether oxygens (including phenoxy) is 1. The zero-order valence-electron chi connectivity index (χ0n) is 26.2. The monoisotopic (exact) mass is 596 g/mol. The molecule has 1 aliphatic carbocycles. The van der Waals surface area contributed by atoms with Gasteiger partial charge in [-0.15, -0.1) is 0 Å². The van der Waals surface area contributed by atoms with Crippen LogP contribution < -0.4 is 10.6 Å². The summed E-state index contributed by atoms with van der Waals surface area (Å²) >= 11 is 0. The van der Waals surface area contributed by atoms with Crippen LogP contribution in [0.2, 0.25) is 0 Å². The van der Waals surface area contributed by atoms with Crippen LogP contribution >= 0.6 is 0 Å². The quantitative estimate of drug-likeness (QED) is 0.185. The lowest BCUT2D eigenvalue weighted by atomic mass is 9.92. The number of aliphatic carboxylic acids is 1. The minimum absolute atomic E-state index is 0.0551. The molecule has 5 heterocycles. The molecule has 230 valence electrons. The molecule has 8 bridgehead atoms. The maximum atomic E-state index is 13.3. The van der Waals surface area contributed by atoms with Crippen LogP contribution in [0.1, 0.15) is 92.1 Å². The van der Waals surface area contributed by atoms with Gasteiger partial charge in [0.05, 0.1) is 12.5 Å². The fraction of sp³-hybridized carbons (Fsp3) is 0.371. The van der Waals surface area contributed by atoms with Gasteiger partial charge in [0.25, 0.3) is 0 Å². The van der Waals surface area contributed by atoms with Crippen LogP contribution in [-0.2, 0) is 46.4 Å². The number of carbonyl (C=O) groups is 2. The number of aromatic nitrogens is 4. The first-order chi connectivity index (χ1) is 21.0. The van der Waals surface area contributed by atoms with E-state index in [4.69, 9.17) is 4.74 Å². The highest BCUT2D eigenvalue weighted by atomic mass is 16.5. The summed E-state index contributed by atoms with van der Waals surface area (Å²) in [5.41, 5.74) is 14.8. The molecule has 0 unspecified atom stereocenters. The number of fused-ring (bicyclic) bond motifs is 8. The molecule has 0 amide bonds. The fourth-order valence-electron chi connectivity index (χ4n) is 7.45. The van der Waals surface area contributed by atoms with Crippen LogP contribution in [0.5, 0.6) is 0 Å². The normalized spacial score (nSPS) is 15.6. The molecule has 0 fully saturated rings. The van der Waals surface area contributed by atoms with E-state index in [0.29, 0.717) is 41.1 Å². The van der Waals surface area contributed by atoms with Crippen molar-refractivity contribution in [2.45, 2.75) is 73.1 Å². The van der Waals surface area contributed by atoms with Crippen LogP contribution in [-0.4, -0.2) is 49.2 Å². The predicted molar refractivity (Wildman–Crippen MR) is 169 cm³/mol. The highest BCUT2D eigenvalue weighted by Crippen LogP contribution is 2.36. The van der Waals surface area contributed by atoms with E-state index in [1.165, 1.54) is 18.2 Å². The Balaban J connectivity index is 1.70. The molecule has 4 aromatic rings. The molecule has 0 radical (unpaired) electrons. The van der Waals surface area contributed by atoms with Gasteiger partial charge in [-0.05, 0) is 79.5 Å². The van der Waals surface area contributed by atoms with E-state index < -0.39 is 17.9 Å². The molecule has 4 aromatic heterocycles. The summed E-state index contributed by atoms with van der Waals surface area (Å²) in [6.45, 7) is 14.5. The number of esters is 1. The number of methoxy groups -OCH3 is 1. The molecule has 0 spiro atoms. The first kappa shape index (κ1) is 29.4. The smallest absolute Gasteiger partial charge is 0.321 e. The van der Waals surface area contributed by atoms with Crippen molar-refractivity contribution in [3.05, 3.63) is 95.9 Å². The molecular formula is C35H40N4O5. The third kappa shape index (κ3) is 4.36. The van der Waals surface area contributed by atoms with Crippen molar-refractivity contribution in [1.82, 2.24) is 19.9 Å². The minimum Gasteiger partial charge on any atom is -0.510 e. The Kier molecular flexibility index (Phi) is 7.22. The van der Waals surface area contributed by atoms with Gasteiger partial charge in [0.15, 0.2) is 0 Å². The highest BCUT2D eigenvalue weighted by Gasteiger charge is 2.39. The number of hydrogen-bond acceptors (Lipinski definition) is 4. The van der Waals surface area contributed by atoms with Crippen LogP contribution in [0.3, 0.4) is 0 Å². The summed E-state index contributed by atoms with van der Waals surface area (Å²) in [6.07, 6.45) is 4.81. The van der Waals surface area contributed by atoms with Crippen LogP contribution in [0.15, 0.2) is 6.58 Å². The van der Waals surface area contributed by atoms with E-state index in [-0.39, 0.29) is 18.6 Å². The first-order valence-electron chi connectivity index (χ1n) is 15.2. The lowest BCUT2D eigenvalue weighted by Gasteiger charge is -2.15. The minimum atomic E-state index is -1.04. The molecule has 0 aromatic carbocycles. The predicted octanol–water partition coefficient (Wildman–Crippen LogP) is 4.21. The number of carboxylic acid groups (broad SMARTS) is 1. The van der Waals surface area contributed by atoms with Gasteiger partial charge < -0.3 is 34.9 Å². The van der Waals surface area contributed by atoms with E-state index in [1.807, 2.05) is 19.9 Å². The second-order valence-electron chi connectivity index (χ2n) is 12.1. The zero-order valence-corrected chi connectivity index (χ0v) is 26.2. The van der Waals surface area contributed by atoms with Gasteiger partial charge in [0, 0.05) is 76.3 Å². The van der Waals surface area contributed by atoms with E-state index in [1.54, 1.807) is 0 Å². The fourth-order valence-corrected chi connectivity index (χ4v) is 7.45. The third-order valence-electron chi connectivity index (χ3n) is 9.89. The summed E-state index contributed by atoms with van der Waals surface area (Å²) in [7, 11) is 1.31. The molecule has 44 heavy (non-hydrogen) atoms. The molecule has 6 rings (SSSR count). The molecule has 1 aliphatic heterocycles. The van der Waals surface area contributed by atoms with Gasteiger partial charge in [0.2, 0.25) is 0 Å². The average molecular weight is 597 g/mol. The standard InChI is InChI=1S/C35H40N4O5/c1-8-19-15(3)22-12-24-17(5)21(10-11-28(40)41)32(38-24)30-31(35(43)44-7)34(42)29-18(6)25(39-33(29)30)14-27-20(9-2)16(4)23(37-27)13-26(19)36-22/h8,31,36-39,42H,1,9-14H2,2-7H3,(H,40,41)/t31-/m1/s1. The van der Waals surface area contributed by atoms with Crippen molar-refractivity contribution in [1.29, 1.82) is 0 Å². The first-order valence-corrected chi connectivity index (χ1v) is 15.2. The van der Waals surface area contributed by atoms with E-state index in [0.717, 1.165) is 68.4 Å². The lowest BCUT2D eigenvalue weighted by Crippen LogP contribution is -2.24. The summed E-state index contributed by atoms with van der Waals surface area (Å²) in [5.74, 6) is -2.58.